The van der Waals surface area contributed by atoms with Crippen LogP contribution in [-0.2, 0) is 4.57 Å². The van der Waals surface area contributed by atoms with Gasteiger partial charge in [-0.3, -0.25) is 0 Å². The maximum Gasteiger partial charge on any atom is 0.164 e. The largest absolute Gasteiger partial charge is 0.508 e. The van der Waals surface area contributed by atoms with Crippen LogP contribution in [0.4, 0.5) is 0 Å². The highest BCUT2D eigenvalue weighted by molar-refractivity contribution is 7.82. The van der Waals surface area contributed by atoms with Gasteiger partial charge in [-0.15, -0.1) is 0 Å². The van der Waals surface area contributed by atoms with Gasteiger partial charge in [0.15, 0.2) is 7.14 Å². The summed E-state index contributed by atoms with van der Waals surface area (Å²) in [6.07, 6.45) is 1.82. The van der Waals surface area contributed by atoms with Crippen molar-refractivity contribution in [3.63, 3.8) is 0 Å². The normalized spacial score (nSPS) is 21.4. The number of aromatic hydroxyl groups is 1. The molecular weight excluding hydrogens is 231 g/mol. The molecule has 0 bridgehead atoms. The van der Waals surface area contributed by atoms with Crippen LogP contribution in [0.2, 0.25) is 0 Å². The molecule has 1 aliphatic rings. The Morgan fingerprint density at radius 1 is 1.00 bits per heavy atom. The van der Waals surface area contributed by atoms with Crippen LogP contribution in [0.25, 0.3) is 6.08 Å². The zero-order chi connectivity index (χ0) is 11.9. The molecule has 0 aliphatic carbocycles. The Hall–Kier alpha value is -1.79. The molecule has 17 heavy (non-hydrogen) atoms. The molecular formula is C14H11O2P. The maximum atomic E-state index is 13.0. The van der Waals surface area contributed by atoms with E-state index < -0.39 is 7.14 Å². The summed E-state index contributed by atoms with van der Waals surface area (Å²) in [5.74, 6) is 1.96. The van der Waals surface area contributed by atoms with Crippen molar-refractivity contribution in [1.29, 1.82) is 0 Å². The van der Waals surface area contributed by atoms with Gasteiger partial charge >= 0.3 is 0 Å². The molecule has 2 aromatic rings. The highest BCUT2D eigenvalue weighted by Crippen LogP contribution is 2.50. The van der Waals surface area contributed by atoms with E-state index >= 15 is 0 Å². The zero-order valence-corrected chi connectivity index (χ0v) is 9.97. The van der Waals surface area contributed by atoms with Gasteiger partial charge in [-0.1, -0.05) is 30.3 Å². The standard InChI is InChI=1S/C14H11O2P/c15-12-6-7-14-11(10-12)8-9-17(14,16)13-4-2-1-3-5-13/h1-10,15H. The molecule has 0 fully saturated rings. The van der Waals surface area contributed by atoms with Crippen molar-refractivity contribution >= 4 is 23.8 Å². The van der Waals surface area contributed by atoms with Gasteiger partial charge < -0.3 is 9.67 Å². The van der Waals surface area contributed by atoms with Gasteiger partial charge in [0, 0.05) is 10.6 Å². The van der Waals surface area contributed by atoms with E-state index in [-0.39, 0.29) is 5.75 Å². The van der Waals surface area contributed by atoms with E-state index in [0.717, 1.165) is 16.2 Å². The molecule has 0 saturated heterocycles. The lowest BCUT2D eigenvalue weighted by atomic mass is 10.2. The Kier molecular flexibility index (Phi) is 2.20. The number of fused-ring (bicyclic) bond motifs is 1. The molecule has 1 N–H and O–H groups in total. The number of phenols is 1. The minimum Gasteiger partial charge on any atom is -0.508 e. The Bertz CT molecular complexity index is 645. The average molecular weight is 242 g/mol. The molecule has 0 amide bonds. The van der Waals surface area contributed by atoms with Crippen molar-refractivity contribution in [2.75, 3.05) is 0 Å². The molecule has 1 unspecified atom stereocenters. The third kappa shape index (κ3) is 1.53. The van der Waals surface area contributed by atoms with Crippen molar-refractivity contribution in [2.24, 2.45) is 0 Å². The van der Waals surface area contributed by atoms with Crippen LogP contribution in [0.15, 0.2) is 54.3 Å². The zero-order valence-electron chi connectivity index (χ0n) is 9.08. The van der Waals surface area contributed by atoms with Crippen molar-refractivity contribution in [2.45, 2.75) is 0 Å². The highest BCUT2D eigenvalue weighted by Gasteiger charge is 2.30. The lowest BCUT2D eigenvalue weighted by Gasteiger charge is -2.12. The van der Waals surface area contributed by atoms with Crippen LogP contribution in [0, 0.1) is 0 Å². The second-order valence-electron chi connectivity index (χ2n) is 4.05. The molecule has 0 saturated carbocycles. The Morgan fingerprint density at radius 3 is 2.53 bits per heavy atom. The fourth-order valence-electron chi connectivity index (χ4n) is 2.12. The Labute approximate surface area is 99.6 Å². The first-order valence-corrected chi connectivity index (χ1v) is 7.16. The molecule has 3 heteroatoms. The van der Waals surface area contributed by atoms with E-state index in [1.54, 1.807) is 24.0 Å². The number of phenolic OH excluding ortho intramolecular Hbond substituents is 1. The molecule has 3 rings (SSSR count). The smallest absolute Gasteiger partial charge is 0.164 e. The SMILES string of the molecule is O=P1(c2ccccc2)C=Cc2cc(O)ccc21. The van der Waals surface area contributed by atoms with Crippen LogP contribution in [0.1, 0.15) is 5.56 Å². The topological polar surface area (TPSA) is 37.3 Å². The van der Waals surface area contributed by atoms with Gasteiger partial charge in [-0.25, -0.2) is 0 Å². The molecule has 1 heterocycles. The molecule has 0 aromatic heterocycles. The molecule has 2 aromatic carbocycles. The van der Waals surface area contributed by atoms with Crippen molar-refractivity contribution in [3.8, 4) is 5.75 Å². The second-order valence-corrected chi connectivity index (χ2v) is 6.66. The highest BCUT2D eigenvalue weighted by atomic mass is 31.2. The molecule has 0 spiro atoms. The number of hydrogen-bond acceptors (Lipinski definition) is 2. The molecule has 0 radical (unpaired) electrons. The van der Waals surface area contributed by atoms with E-state index in [2.05, 4.69) is 0 Å². The van der Waals surface area contributed by atoms with Gasteiger partial charge in [0.2, 0.25) is 0 Å². The van der Waals surface area contributed by atoms with Gasteiger partial charge in [0.05, 0.1) is 0 Å². The summed E-state index contributed by atoms with van der Waals surface area (Å²) in [6, 6.07) is 14.4. The molecule has 1 atom stereocenters. The molecule has 84 valence electrons. The van der Waals surface area contributed by atoms with E-state index in [1.807, 2.05) is 36.4 Å². The maximum absolute atomic E-state index is 13.0. The number of rotatable bonds is 1. The summed E-state index contributed by atoms with van der Waals surface area (Å²) < 4.78 is 13.0. The third-order valence-electron chi connectivity index (χ3n) is 2.97. The Morgan fingerprint density at radius 2 is 1.76 bits per heavy atom. The first-order valence-electron chi connectivity index (χ1n) is 5.38. The van der Waals surface area contributed by atoms with Crippen LogP contribution in [0.5, 0.6) is 5.75 Å². The van der Waals surface area contributed by atoms with Gasteiger partial charge in [-0.2, -0.15) is 0 Å². The van der Waals surface area contributed by atoms with Crippen molar-refractivity contribution in [1.82, 2.24) is 0 Å². The van der Waals surface area contributed by atoms with E-state index in [0.29, 0.717) is 0 Å². The summed E-state index contributed by atoms with van der Waals surface area (Å²) in [6.45, 7) is 0. The lowest BCUT2D eigenvalue weighted by Crippen LogP contribution is -2.13. The van der Waals surface area contributed by atoms with Crippen LogP contribution in [0.3, 0.4) is 0 Å². The lowest BCUT2D eigenvalue weighted by molar-refractivity contribution is 0.475. The minimum absolute atomic E-state index is 0.204. The third-order valence-corrected chi connectivity index (χ3v) is 5.73. The number of benzene rings is 2. The Balaban J connectivity index is 2.22. The monoisotopic (exact) mass is 242 g/mol. The summed E-state index contributed by atoms with van der Waals surface area (Å²) in [4.78, 5) is 0. The fourth-order valence-corrected chi connectivity index (χ4v) is 4.53. The fraction of sp³-hybridized carbons (Fsp3) is 0. The summed E-state index contributed by atoms with van der Waals surface area (Å²) in [7, 11) is -2.62. The van der Waals surface area contributed by atoms with Crippen molar-refractivity contribution in [3.05, 3.63) is 59.9 Å². The van der Waals surface area contributed by atoms with E-state index in [1.165, 1.54) is 0 Å². The van der Waals surface area contributed by atoms with Crippen LogP contribution >= 0.6 is 7.14 Å². The van der Waals surface area contributed by atoms with Crippen molar-refractivity contribution < 1.29 is 9.67 Å². The van der Waals surface area contributed by atoms with E-state index in [4.69, 9.17) is 0 Å². The summed E-state index contributed by atoms with van der Waals surface area (Å²) >= 11 is 0. The first kappa shape index (κ1) is 10.4. The first-order chi connectivity index (χ1) is 8.20. The quantitative estimate of drug-likeness (QED) is 0.780. The van der Waals surface area contributed by atoms with Crippen LogP contribution < -0.4 is 10.6 Å². The van der Waals surface area contributed by atoms with Gasteiger partial charge in [0.1, 0.15) is 5.75 Å². The predicted octanol–water partition coefficient (Wildman–Crippen LogP) is 2.69. The average Bonchev–Trinajstić information content (AvgIpc) is 2.69. The molecule has 2 nitrogen and oxygen atoms in total. The number of hydrogen-bond donors (Lipinski definition) is 1. The summed E-state index contributed by atoms with van der Waals surface area (Å²) in [5.41, 5.74) is 0.845. The minimum atomic E-state index is -2.62. The van der Waals surface area contributed by atoms with Gasteiger partial charge in [0.25, 0.3) is 0 Å². The predicted molar refractivity (Wildman–Crippen MR) is 70.5 cm³/mol. The summed E-state index contributed by atoms with van der Waals surface area (Å²) in [5, 5.41) is 11.1. The van der Waals surface area contributed by atoms with Gasteiger partial charge in [-0.05, 0) is 35.7 Å². The molecule has 1 aliphatic heterocycles. The van der Waals surface area contributed by atoms with E-state index in [9.17, 15) is 9.67 Å². The van der Waals surface area contributed by atoms with Crippen LogP contribution in [-0.4, -0.2) is 5.11 Å². The second kappa shape index (κ2) is 3.61.